The molecule has 0 bridgehead atoms. The van der Waals surface area contributed by atoms with E-state index in [9.17, 15) is 0 Å². The summed E-state index contributed by atoms with van der Waals surface area (Å²) in [6.07, 6.45) is 1.86. The molecule has 2 aromatic carbocycles. The van der Waals surface area contributed by atoms with Gasteiger partial charge in [0.05, 0.1) is 7.85 Å². The van der Waals surface area contributed by atoms with Crippen molar-refractivity contribution in [3.63, 3.8) is 0 Å². The number of benzene rings is 2. The van der Waals surface area contributed by atoms with Gasteiger partial charge in [0.1, 0.15) is 0 Å². The summed E-state index contributed by atoms with van der Waals surface area (Å²) in [4.78, 5) is 4.62. The molecule has 0 aliphatic heterocycles. The van der Waals surface area contributed by atoms with Gasteiger partial charge in [-0.05, 0) is 34.7 Å². The maximum absolute atomic E-state index is 6.97. The van der Waals surface area contributed by atoms with Gasteiger partial charge in [-0.15, -0.1) is 0 Å². The van der Waals surface area contributed by atoms with Crippen molar-refractivity contribution in [2.75, 3.05) is 0 Å². The molecule has 0 amide bonds. The minimum Gasteiger partial charge on any atom is -0.261 e. The van der Waals surface area contributed by atoms with Crippen LogP contribution in [0, 0.1) is 0 Å². The van der Waals surface area contributed by atoms with Crippen molar-refractivity contribution >= 4 is 7.85 Å². The van der Waals surface area contributed by atoms with Crippen molar-refractivity contribution < 1.29 is 0 Å². The molecule has 0 aliphatic rings. The highest BCUT2D eigenvalue weighted by Gasteiger charge is 2.31. The fourth-order valence-corrected chi connectivity index (χ4v) is 2.89. The third-order valence-electron chi connectivity index (χ3n) is 4.31. The topological polar surface area (TPSA) is 12.9 Å². The largest absolute Gasteiger partial charge is 0.261 e. The molecule has 2 heteroatoms. The highest BCUT2D eigenvalue weighted by Crippen LogP contribution is 2.35. The van der Waals surface area contributed by atoms with E-state index in [1.54, 1.807) is 0 Å². The summed E-state index contributed by atoms with van der Waals surface area (Å²) in [7, 11) is 6.97. The zero-order valence-corrected chi connectivity index (χ0v) is 13.6. The number of nitrogens with zero attached hydrogens (tertiary/aromatic N) is 1. The van der Waals surface area contributed by atoms with Crippen LogP contribution in [0.5, 0.6) is 0 Å². The Balaban J connectivity index is 2.23. The monoisotopic (exact) mass is 297 g/mol. The minimum atomic E-state index is -0.757. The van der Waals surface area contributed by atoms with Crippen LogP contribution >= 0.6 is 0 Å². The highest BCUT2D eigenvalue weighted by atomic mass is 14.7. The van der Waals surface area contributed by atoms with Crippen LogP contribution in [0.4, 0.5) is 0 Å². The van der Waals surface area contributed by atoms with Crippen LogP contribution in [-0.2, 0) is 5.31 Å². The maximum Gasteiger partial charge on any atom is 0.0962 e. The lowest BCUT2D eigenvalue weighted by atomic mass is 9.57. The van der Waals surface area contributed by atoms with Crippen molar-refractivity contribution in [1.82, 2.24) is 4.98 Å². The molecule has 3 aromatic rings. The summed E-state index contributed by atoms with van der Waals surface area (Å²) >= 11 is 0. The first-order valence-corrected chi connectivity index (χ1v) is 7.98. The lowest BCUT2D eigenvalue weighted by Crippen LogP contribution is -2.31. The summed E-state index contributed by atoms with van der Waals surface area (Å²) in [5.41, 5.74) is 4.21. The van der Waals surface area contributed by atoms with E-state index in [0.717, 1.165) is 16.8 Å². The molecule has 0 fully saturated rings. The third kappa shape index (κ3) is 2.94. The molecule has 0 aliphatic carbocycles. The molecule has 1 nitrogen and oxygen atoms in total. The van der Waals surface area contributed by atoms with E-state index in [0.29, 0.717) is 5.92 Å². The molecule has 1 aromatic heterocycles. The molecule has 0 spiro atoms. The van der Waals surface area contributed by atoms with Crippen LogP contribution in [0.3, 0.4) is 0 Å². The van der Waals surface area contributed by atoms with Crippen LogP contribution in [0.15, 0.2) is 79.0 Å². The van der Waals surface area contributed by atoms with Gasteiger partial charge in [-0.3, -0.25) is 4.98 Å². The predicted octanol–water partition coefficient (Wildman–Crippen LogP) is 4.67. The zero-order chi connectivity index (χ0) is 16.3. The zero-order valence-electron chi connectivity index (χ0n) is 13.6. The molecule has 112 valence electrons. The van der Waals surface area contributed by atoms with Crippen molar-refractivity contribution in [2.45, 2.75) is 25.1 Å². The minimum absolute atomic E-state index is 0.438. The first-order valence-electron chi connectivity index (χ1n) is 7.98. The molecule has 1 heterocycles. The molecule has 3 rings (SSSR count). The van der Waals surface area contributed by atoms with E-state index >= 15 is 0 Å². The fourth-order valence-electron chi connectivity index (χ4n) is 2.89. The molecular formula is C21H20BN. The Morgan fingerprint density at radius 3 is 1.83 bits per heavy atom. The van der Waals surface area contributed by atoms with Gasteiger partial charge in [0.2, 0.25) is 0 Å². The second-order valence-corrected chi connectivity index (χ2v) is 6.17. The Hall–Kier alpha value is -2.35. The van der Waals surface area contributed by atoms with Crippen LogP contribution < -0.4 is 0 Å². The maximum atomic E-state index is 6.97. The summed E-state index contributed by atoms with van der Waals surface area (Å²) in [6.45, 7) is 4.37. The number of rotatable bonds is 4. The lowest BCUT2D eigenvalue weighted by Gasteiger charge is -2.32. The first-order chi connectivity index (χ1) is 11.1. The smallest absolute Gasteiger partial charge is 0.0962 e. The SMILES string of the molecule is [B]C(c1ccccc1)(c1ccccc1)c1cc(C(C)C)ccn1. The van der Waals surface area contributed by atoms with E-state index < -0.39 is 5.31 Å². The second-order valence-electron chi connectivity index (χ2n) is 6.17. The normalized spacial score (nSPS) is 11.6. The Kier molecular flexibility index (Phi) is 4.34. The standard InChI is InChI=1S/C21H20BN/c1-16(2)17-13-14-23-20(15-17)21(22,18-9-5-3-6-10-18)19-11-7-4-8-12-19/h3-16H,1-2H3. The first kappa shape index (κ1) is 15.5. The summed E-state index contributed by atoms with van der Waals surface area (Å²) < 4.78 is 0. The van der Waals surface area contributed by atoms with Crippen molar-refractivity contribution in [2.24, 2.45) is 0 Å². The Labute approximate surface area is 139 Å². The van der Waals surface area contributed by atoms with Gasteiger partial charge in [0.25, 0.3) is 0 Å². The van der Waals surface area contributed by atoms with E-state index in [-0.39, 0.29) is 0 Å². The number of pyridine rings is 1. The second kappa shape index (κ2) is 6.41. The summed E-state index contributed by atoms with van der Waals surface area (Å²) in [6, 6.07) is 24.5. The van der Waals surface area contributed by atoms with Gasteiger partial charge in [0.15, 0.2) is 0 Å². The average molecular weight is 297 g/mol. The molecule has 23 heavy (non-hydrogen) atoms. The van der Waals surface area contributed by atoms with Crippen LogP contribution in [0.25, 0.3) is 0 Å². The van der Waals surface area contributed by atoms with Crippen LogP contribution in [0.2, 0.25) is 0 Å². The fraction of sp³-hybridized carbons (Fsp3) is 0.190. The molecule has 0 N–H and O–H groups in total. The van der Waals surface area contributed by atoms with E-state index in [2.05, 4.69) is 55.2 Å². The Bertz CT molecular complexity index is 727. The van der Waals surface area contributed by atoms with Gasteiger partial charge >= 0.3 is 0 Å². The van der Waals surface area contributed by atoms with Gasteiger partial charge < -0.3 is 0 Å². The van der Waals surface area contributed by atoms with Crippen molar-refractivity contribution in [3.8, 4) is 0 Å². The average Bonchev–Trinajstić information content (AvgIpc) is 2.62. The van der Waals surface area contributed by atoms with Crippen LogP contribution in [0.1, 0.15) is 42.1 Å². The van der Waals surface area contributed by atoms with Gasteiger partial charge in [-0.2, -0.15) is 0 Å². The number of aromatic nitrogens is 1. The number of hydrogen-bond acceptors (Lipinski definition) is 1. The van der Waals surface area contributed by atoms with Crippen molar-refractivity contribution in [3.05, 3.63) is 101 Å². The quantitative estimate of drug-likeness (QED) is 0.638. The van der Waals surface area contributed by atoms with E-state index in [1.165, 1.54) is 5.56 Å². The molecule has 0 atom stereocenters. The van der Waals surface area contributed by atoms with Gasteiger partial charge in [0, 0.05) is 17.2 Å². The van der Waals surface area contributed by atoms with E-state index in [1.807, 2.05) is 42.6 Å². The molecule has 0 saturated heterocycles. The third-order valence-corrected chi connectivity index (χ3v) is 4.31. The van der Waals surface area contributed by atoms with Crippen LogP contribution in [-0.4, -0.2) is 12.8 Å². The molecule has 0 unspecified atom stereocenters. The predicted molar refractivity (Wildman–Crippen MR) is 96.8 cm³/mol. The summed E-state index contributed by atoms with van der Waals surface area (Å²) in [5, 5.41) is -0.757. The van der Waals surface area contributed by atoms with Crippen molar-refractivity contribution in [1.29, 1.82) is 0 Å². The molecular weight excluding hydrogens is 277 g/mol. The molecule has 2 radical (unpaired) electrons. The lowest BCUT2D eigenvalue weighted by molar-refractivity contribution is 0.805. The number of hydrogen-bond donors (Lipinski definition) is 0. The summed E-state index contributed by atoms with van der Waals surface area (Å²) in [5.74, 6) is 0.438. The van der Waals surface area contributed by atoms with Gasteiger partial charge in [-0.25, -0.2) is 0 Å². The Morgan fingerprint density at radius 1 is 0.826 bits per heavy atom. The molecule has 0 saturated carbocycles. The van der Waals surface area contributed by atoms with Gasteiger partial charge in [-0.1, -0.05) is 74.5 Å². The highest BCUT2D eigenvalue weighted by molar-refractivity contribution is 6.20. The van der Waals surface area contributed by atoms with E-state index in [4.69, 9.17) is 7.85 Å². The Morgan fingerprint density at radius 2 is 1.35 bits per heavy atom.